The first kappa shape index (κ1) is 20.7. The molecule has 2 amide bonds. The Hall–Kier alpha value is -4.01. The lowest BCUT2D eigenvalue weighted by Gasteiger charge is -2.22. The summed E-state index contributed by atoms with van der Waals surface area (Å²) in [5.74, 6) is -0.766. The number of aromatic nitrogens is 2. The van der Waals surface area contributed by atoms with Gasteiger partial charge in [0.2, 0.25) is 5.91 Å². The van der Waals surface area contributed by atoms with Gasteiger partial charge in [0.1, 0.15) is 11.6 Å². The van der Waals surface area contributed by atoms with Gasteiger partial charge in [0.05, 0.1) is 29.3 Å². The summed E-state index contributed by atoms with van der Waals surface area (Å²) >= 11 is 0. The average Bonchev–Trinajstić information content (AvgIpc) is 2.73. The van der Waals surface area contributed by atoms with Crippen LogP contribution in [0.25, 0.3) is 0 Å². The Morgan fingerprint density at radius 3 is 2.33 bits per heavy atom. The maximum atomic E-state index is 13.6. The zero-order chi connectivity index (χ0) is 21.8. The molecule has 154 valence electrons. The highest BCUT2D eigenvalue weighted by Gasteiger charge is 2.16. The van der Waals surface area contributed by atoms with Crippen LogP contribution in [0.3, 0.4) is 0 Å². The number of primary amides is 1. The molecule has 8 nitrogen and oxygen atoms in total. The van der Waals surface area contributed by atoms with Crippen LogP contribution in [0.2, 0.25) is 0 Å². The molecule has 9 heteroatoms. The number of carbonyl (C=O) groups excluding carboxylic acids is 2. The summed E-state index contributed by atoms with van der Waals surface area (Å²) in [6, 6.07) is 10.1. The third-order valence-corrected chi connectivity index (χ3v) is 4.59. The van der Waals surface area contributed by atoms with E-state index >= 15 is 0 Å². The fourth-order valence-corrected chi connectivity index (χ4v) is 2.80. The predicted molar refractivity (Wildman–Crippen MR) is 114 cm³/mol. The average molecular weight is 408 g/mol. The van der Waals surface area contributed by atoms with Gasteiger partial charge in [-0.3, -0.25) is 14.6 Å². The molecule has 2 heterocycles. The van der Waals surface area contributed by atoms with E-state index in [1.807, 2.05) is 0 Å². The number of amides is 2. The quantitative estimate of drug-likeness (QED) is 0.649. The van der Waals surface area contributed by atoms with E-state index in [0.29, 0.717) is 17.2 Å². The van der Waals surface area contributed by atoms with E-state index in [0.717, 1.165) is 17.6 Å². The number of hydrogen-bond donors (Lipinski definition) is 2. The third-order valence-electron chi connectivity index (χ3n) is 4.59. The maximum absolute atomic E-state index is 13.6. The lowest BCUT2D eigenvalue weighted by Crippen LogP contribution is -2.22. The summed E-state index contributed by atoms with van der Waals surface area (Å²) in [4.78, 5) is 34.6. The van der Waals surface area contributed by atoms with Gasteiger partial charge in [-0.05, 0) is 24.3 Å². The number of anilines is 5. The van der Waals surface area contributed by atoms with Gasteiger partial charge in [0.15, 0.2) is 0 Å². The number of nitrogens with zero attached hydrogens (tertiary/aromatic N) is 4. The first-order chi connectivity index (χ1) is 14.3. The molecule has 0 radical (unpaired) electrons. The smallest absolute Gasteiger partial charge is 0.252 e. The van der Waals surface area contributed by atoms with Crippen LogP contribution in [0, 0.1) is 5.82 Å². The lowest BCUT2D eigenvalue weighted by molar-refractivity contribution is -0.116. The highest BCUT2D eigenvalue weighted by atomic mass is 19.1. The molecule has 3 aromatic rings. The fraction of sp³-hybridized carbons (Fsp3) is 0.143. The second-order valence-electron chi connectivity index (χ2n) is 6.62. The molecule has 0 fully saturated rings. The zero-order valence-electron chi connectivity index (χ0n) is 16.8. The van der Waals surface area contributed by atoms with Crippen LogP contribution in [0.5, 0.6) is 0 Å². The maximum Gasteiger partial charge on any atom is 0.252 e. The number of halogens is 1. The Morgan fingerprint density at radius 1 is 1.03 bits per heavy atom. The second-order valence-corrected chi connectivity index (χ2v) is 6.62. The van der Waals surface area contributed by atoms with Crippen LogP contribution in [-0.2, 0) is 4.79 Å². The summed E-state index contributed by atoms with van der Waals surface area (Å²) < 4.78 is 13.6. The van der Waals surface area contributed by atoms with Gasteiger partial charge < -0.3 is 20.9 Å². The summed E-state index contributed by atoms with van der Waals surface area (Å²) in [6.07, 6.45) is 3.94. The topological polar surface area (TPSA) is 104 Å². The van der Waals surface area contributed by atoms with Crippen molar-refractivity contribution in [2.45, 2.75) is 6.92 Å². The second kappa shape index (κ2) is 8.56. The zero-order valence-corrected chi connectivity index (χ0v) is 16.8. The molecule has 30 heavy (non-hydrogen) atoms. The molecule has 0 bridgehead atoms. The number of benzene rings is 1. The van der Waals surface area contributed by atoms with Crippen molar-refractivity contribution in [2.24, 2.45) is 5.73 Å². The Kier molecular flexibility index (Phi) is 5.91. The molecular formula is C21H21FN6O2. The van der Waals surface area contributed by atoms with Gasteiger partial charge in [-0.1, -0.05) is 0 Å². The minimum Gasteiger partial charge on any atom is -0.365 e. The number of hydrogen-bond acceptors (Lipinski definition) is 6. The summed E-state index contributed by atoms with van der Waals surface area (Å²) in [7, 11) is 3.37. The third kappa shape index (κ3) is 4.52. The van der Waals surface area contributed by atoms with Gasteiger partial charge in [0, 0.05) is 50.7 Å². The molecule has 0 aliphatic rings. The van der Waals surface area contributed by atoms with Crippen LogP contribution in [0.1, 0.15) is 17.3 Å². The number of carbonyl (C=O) groups is 2. The molecule has 2 aromatic heterocycles. The van der Waals surface area contributed by atoms with Crippen molar-refractivity contribution in [3.8, 4) is 0 Å². The van der Waals surface area contributed by atoms with Gasteiger partial charge >= 0.3 is 0 Å². The number of nitrogens with one attached hydrogen (secondary N) is 1. The van der Waals surface area contributed by atoms with Gasteiger partial charge in [-0.25, -0.2) is 9.37 Å². The van der Waals surface area contributed by atoms with Crippen molar-refractivity contribution < 1.29 is 14.0 Å². The summed E-state index contributed by atoms with van der Waals surface area (Å²) in [5, 5.41) is 3.14. The monoisotopic (exact) mass is 408 g/mol. The fourth-order valence-electron chi connectivity index (χ4n) is 2.80. The van der Waals surface area contributed by atoms with Gasteiger partial charge in [-0.15, -0.1) is 0 Å². The van der Waals surface area contributed by atoms with Crippen LogP contribution in [0.15, 0.2) is 55.0 Å². The molecule has 0 atom stereocenters. The molecule has 0 spiro atoms. The van der Waals surface area contributed by atoms with Crippen molar-refractivity contribution in [3.05, 3.63) is 66.4 Å². The van der Waals surface area contributed by atoms with Crippen molar-refractivity contribution in [2.75, 3.05) is 29.2 Å². The Balaban J connectivity index is 1.91. The van der Waals surface area contributed by atoms with E-state index in [9.17, 15) is 14.0 Å². The van der Waals surface area contributed by atoms with E-state index in [4.69, 9.17) is 5.73 Å². The highest BCUT2D eigenvalue weighted by molar-refractivity contribution is 5.99. The Bertz CT molecular complexity index is 1090. The van der Waals surface area contributed by atoms with Crippen molar-refractivity contribution in [1.29, 1.82) is 0 Å². The first-order valence-corrected chi connectivity index (χ1v) is 9.02. The van der Waals surface area contributed by atoms with Crippen LogP contribution >= 0.6 is 0 Å². The molecule has 0 aliphatic heterocycles. The van der Waals surface area contributed by atoms with E-state index < -0.39 is 11.7 Å². The lowest BCUT2D eigenvalue weighted by atomic mass is 10.2. The van der Waals surface area contributed by atoms with Crippen LogP contribution in [-0.4, -0.2) is 35.9 Å². The van der Waals surface area contributed by atoms with Crippen molar-refractivity contribution >= 4 is 40.4 Å². The summed E-state index contributed by atoms with van der Waals surface area (Å²) in [5.41, 5.74) is 8.05. The van der Waals surface area contributed by atoms with Crippen molar-refractivity contribution in [1.82, 2.24) is 9.97 Å². The standard InChI is InChI=1S/C21H21FN6O2/c1-13(29)27(2)16-6-4-15(5-7-16)26-20-9-19(18(12-25-20)21(23)30)28(3)17-8-14(22)10-24-11-17/h4-12H,1-3H3,(H2,23,30)(H,25,26). The van der Waals surface area contributed by atoms with Gasteiger partial charge in [-0.2, -0.15) is 0 Å². The Morgan fingerprint density at radius 2 is 1.73 bits per heavy atom. The molecular weight excluding hydrogens is 387 g/mol. The number of pyridine rings is 2. The number of nitrogens with two attached hydrogens (primary N) is 1. The minimum absolute atomic E-state index is 0.0704. The SMILES string of the molecule is CC(=O)N(C)c1ccc(Nc2cc(N(C)c3cncc(F)c3)c(C(N)=O)cn2)cc1. The van der Waals surface area contributed by atoms with E-state index in [1.54, 1.807) is 49.3 Å². The van der Waals surface area contributed by atoms with Crippen LogP contribution < -0.4 is 20.9 Å². The normalized spacial score (nSPS) is 10.4. The predicted octanol–water partition coefficient (Wildman–Crippen LogP) is 3.21. The number of rotatable bonds is 6. The van der Waals surface area contributed by atoms with E-state index in [2.05, 4.69) is 15.3 Å². The first-order valence-electron chi connectivity index (χ1n) is 9.02. The van der Waals surface area contributed by atoms with E-state index in [-0.39, 0.29) is 11.5 Å². The minimum atomic E-state index is -0.656. The van der Waals surface area contributed by atoms with Crippen molar-refractivity contribution in [3.63, 3.8) is 0 Å². The molecule has 0 saturated carbocycles. The molecule has 3 rings (SSSR count). The molecule has 0 saturated heterocycles. The highest BCUT2D eigenvalue weighted by Crippen LogP contribution is 2.30. The largest absolute Gasteiger partial charge is 0.365 e. The molecule has 0 unspecified atom stereocenters. The summed E-state index contributed by atoms with van der Waals surface area (Å²) in [6.45, 7) is 1.49. The van der Waals surface area contributed by atoms with Crippen LogP contribution in [0.4, 0.5) is 33.0 Å². The van der Waals surface area contributed by atoms with E-state index in [1.165, 1.54) is 30.3 Å². The molecule has 3 N–H and O–H groups in total. The molecule has 1 aromatic carbocycles. The molecule has 0 aliphatic carbocycles. The Labute approximate surface area is 173 Å². The van der Waals surface area contributed by atoms with Gasteiger partial charge in [0.25, 0.3) is 5.91 Å².